The van der Waals surface area contributed by atoms with Crippen LogP contribution in [0.5, 0.6) is 0 Å². The zero-order valence-corrected chi connectivity index (χ0v) is 12.7. The van der Waals surface area contributed by atoms with E-state index in [2.05, 4.69) is 10.6 Å². The van der Waals surface area contributed by atoms with Gasteiger partial charge in [-0.05, 0) is 12.3 Å². The smallest absolute Gasteiger partial charge is 0.277 e. The van der Waals surface area contributed by atoms with Gasteiger partial charge in [-0.1, -0.05) is 32.9 Å². The molecular weight excluding hydrogens is 231 g/mol. The van der Waals surface area contributed by atoms with Gasteiger partial charge in [0.25, 0.3) is 0 Å². The molecule has 6 heteroatoms. The third kappa shape index (κ3) is 2.97. The fourth-order valence-corrected chi connectivity index (χ4v) is 1.72. The minimum atomic E-state index is -1.27. The van der Waals surface area contributed by atoms with Crippen LogP contribution in [0.1, 0.15) is 27.2 Å². The normalized spacial score (nSPS) is 18.9. The fraction of sp³-hybridized carbons (Fsp3) is 0.545. The van der Waals surface area contributed by atoms with Crippen molar-refractivity contribution in [1.82, 2.24) is 10.6 Å². The molecule has 0 aromatic heterocycles. The molecule has 0 spiro atoms. The quantitative estimate of drug-likeness (QED) is 0.343. The van der Waals surface area contributed by atoms with E-state index >= 15 is 0 Å². The van der Waals surface area contributed by atoms with Crippen LogP contribution in [0.3, 0.4) is 0 Å². The zero-order valence-electron chi connectivity index (χ0n) is 10.7. The third-order valence-corrected chi connectivity index (χ3v) is 2.73. The minimum absolute atomic E-state index is 0. The Morgan fingerprint density at radius 3 is 2.00 bits per heavy atom. The Bertz CT molecular complexity index is 344. The number of barbiturate groups is 1. The maximum Gasteiger partial charge on any atom is 1.00 e. The predicted octanol–water partition coefficient (Wildman–Crippen LogP) is -2.03. The Morgan fingerprint density at radius 2 is 1.65 bits per heavy atom. The van der Waals surface area contributed by atoms with E-state index in [4.69, 9.17) is 0 Å². The summed E-state index contributed by atoms with van der Waals surface area (Å²) in [5, 5.41) is 4.26. The summed E-state index contributed by atoms with van der Waals surface area (Å²) in [6, 6.07) is -0.754. The Balaban J connectivity index is 0.00000256. The largest absolute Gasteiger partial charge is 1.00 e. The maximum absolute atomic E-state index is 11.8. The molecule has 5 nitrogen and oxygen atoms in total. The first-order chi connectivity index (χ1) is 7.45. The second-order valence-electron chi connectivity index (χ2n) is 4.07. The van der Waals surface area contributed by atoms with Crippen molar-refractivity contribution in [3.8, 4) is 0 Å². The summed E-state index contributed by atoms with van der Waals surface area (Å²) in [4.78, 5) is 34.7. The van der Waals surface area contributed by atoms with Crippen molar-refractivity contribution in [1.29, 1.82) is 0 Å². The molecule has 0 aromatic carbocycles. The molecule has 1 saturated heterocycles. The van der Waals surface area contributed by atoms with Gasteiger partial charge < -0.3 is 0 Å². The molecular formula is C11H16N2NaO3+. The minimum Gasteiger partial charge on any atom is -0.277 e. The number of hydrogen-bond donors (Lipinski definition) is 2. The Labute approximate surface area is 123 Å². The van der Waals surface area contributed by atoms with E-state index in [0.717, 1.165) is 6.42 Å². The molecule has 0 bridgehead atoms. The molecule has 1 rings (SSSR count). The number of carbonyl (C=O) groups excluding carboxylic acids is 3. The summed E-state index contributed by atoms with van der Waals surface area (Å²) in [5.74, 6) is -1.33. The van der Waals surface area contributed by atoms with Crippen LogP contribution in [-0.4, -0.2) is 17.8 Å². The fourth-order valence-electron chi connectivity index (χ4n) is 1.72. The predicted molar refractivity (Wildman–Crippen MR) is 58.4 cm³/mol. The monoisotopic (exact) mass is 247 g/mol. The van der Waals surface area contributed by atoms with E-state index in [9.17, 15) is 14.4 Å². The number of urea groups is 1. The van der Waals surface area contributed by atoms with Gasteiger partial charge in [-0.15, -0.1) is 0 Å². The van der Waals surface area contributed by atoms with Crippen LogP contribution in [0.25, 0.3) is 0 Å². The first kappa shape index (κ1) is 16.4. The summed E-state index contributed by atoms with van der Waals surface area (Å²) in [6.45, 7) is 5.46. The van der Waals surface area contributed by atoms with Gasteiger partial charge in [0, 0.05) is 0 Å². The number of allylic oxidation sites excluding steroid dienone is 1. The molecule has 4 amide bonds. The third-order valence-electron chi connectivity index (χ3n) is 2.73. The number of nitrogens with one attached hydrogen (secondary N) is 2. The van der Waals surface area contributed by atoms with Gasteiger partial charge in [-0.2, -0.15) is 0 Å². The van der Waals surface area contributed by atoms with Gasteiger partial charge in [0.05, 0.1) is 0 Å². The van der Waals surface area contributed by atoms with E-state index in [-0.39, 0.29) is 35.5 Å². The van der Waals surface area contributed by atoms with Gasteiger partial charge in [-0.25, -0.2) is 4.79 Å². The van der Waals surface area contributed by atoms with E-state index < -0.39 is 23.3 Å². The summed E-state index contributed by atoms with van der Waals surface area (Å²) < 4.78 is 0. The zero-order chi connectivity index (χ0) is 12.3. The average Bonchev–Trinajstić information content (AvgIpc) is 2.16. The van der Waals surface area contributed by atoms with E-state index in [1.807, 2.05) is 6.92 Å². The van der Waals surface area contributed by atoms with E-state index in [1.54, 1.807) is 26.0 Å². The SMILES string of the molecule is CC/C=C/C1(C(C)C)C(=O)NC(=O)NC1=O.[Na+]. The van der Waals surface area contributed by atoms with Gasteiger partial charge in [0.2, 0.25) is 11.8 Å². The summed E-state index contributed by atoms with van der Waals surface area (Å²) in [5.41, 5.74) is -1.27. The maximum atomic E-state index is 11.8. The van der Waals surface area contributed by atoms with E-state index in [1.165, 1.54) is 0 Å². The van der Waals surface area contributed by atoms with Crippen molar-refractivity contribution in [3.63, 3.8) is 0 Å². The molecule has 0 aliphatic carbocycles. The summed E-state index contributed by atoms with van der Waals surface area (Å²) in [6.07, 6.45) is 4.06. The van der Waals surface area contributed by atoms with Crippen molar-refractivity contribution >= 4 is 17.8 Å². The van der Waals surface area contributed by atoms with Gasteiger partial charge >= 0.3 is 35.6 Å². The van der Waals surface area contributed by atoms with Crippen LogP contribution < -0.4 is 40.2 Å². The van der Waals surface area contributed by atoms with Crippen molar-refractivity contribution in [3.05, 3.63) is 12.2 Å². The number of rotatable bonds is 3. The van der Waals surface area contributed by atoms with E-state index in [0.29, 0.717) is 0 Å². The number of carbonyl (C=O) groups is 3. The number of amides is 4. The molecule has 88 valence electrons. The Kier molecular flexibility index (Phi) is 6.09. The molecule has 1 aliphatic heterocycles. The molecule has 0 saturated carbocycles. The standard InChI is InChI=1S/C11H16N2O3.Na/c1-4-5-6-11(7(2)3)8(14)12-10(16)13-9(11)15;/h5-7H,4H2,1-3H3,(H2,12,13,14,15,16);/q;+1/b6-5+;. The van der Waals surface area contributed by atoms with Crippen molar-refractivity contribution in [2.75, 3.05) is 0 Å². The molecule has 0 atom stereocenters. The van der Waals surface area contributed by atoms with Gasteiger partial charge in [-0.3, -0.25) is 20.2 Å². The molecule has 1 heterocycles. The number of hydrogen-bond acceptors (Lipinski definition) is 3. The van der Waals surface area contributed by atoms with Crippen LogP contribution in [-0.2, 0) is 9.59 Å². The first-order valence-electron chi connectivity index (χ1n) is 5.29. The molecule has 1 fully saturated rings. The van der Waals surface area contributed by atoms with Crippen molar-refractivity contribution in [2.24, 2.45) is 11.3 Å². The van der Waals surface area contributed by atoms with Crippen LogP contribution in [0, 0.1) is 11.3 Å². The van der Waals surface area contributed by atoms with Crippen LogP contribution in [0.2, 0.25) is 0 Å². The van der Waals surface area contributed by atoms with Crippen LogP contribution in [0.4, 0.5) is 4.79 Å². The second-order valence-corrected chi connectivity index (χ2v) is 4.07. The Morgan fingerprint density at radius 1 is 1.18 bits per heavy atom. The molecule has 2 N–H and O–H groups in total. The Hall–Kier alpha value is -0.650. The van der Waals surface area contributed by atoms with Gasteiger partial charge in [0.15, 0.2) is 0 Å². The van der Waals surface area contributed by atoms with Crippen LogP contribution >= 0.6 is 0 Å². The molecule has 17 heavy (non-hydrogen) atoms. The summed E-state index contributed by atoms with van der Waals surface area (Å²) >= 11 is 0. The summed E-state index contributed by atoms with van der Waals surface area (Å²) in [7, 11) is 0. The average molecular weight is 247 g/mol. The second kappa shape index (κ2) is 6.33. The molecule has 0 aromatic rings. The van der Waals surface area contributed by atoms with Gasteiger partial charge in [0.1, 0.15) is 5.41 Å². The van der Waals surface area contributed by atoms with Crippen molar-refractivity contribution < 1.29 is 43.9 Å². The number of imide groups is 2. The topological polar surface area (TPSA) is 75.3 Å². The van der Waals surface area contributed by atoms with Crippen molar-refractivity contribution in [2.45, 2.75) is 27.2 Å². The van der Waals surface area contributed by atoms with Crippen LogP contribution in [0.15, 0.2) is 12.2 Å². The first-order valence-corrected chi connectivity index (χ1v) is 5.29. The molecule has 0 unspecified atom stereocenters. The molecule has 0 radical (unpaired) electrons. The molecule has 1 aliphatic rings.